The minimum atomic E-state index is -2.97. The third kappa shape index (κ3) is 6.31. The number of rotatable bonds is 6. The number of hydrogen-bond acceptors (Lipinski definition) is 0. The van der Waals surface area contributed by atoms with Crippen molar-refractivity contribution in [3.05, 3.63) is 163 Å². The van der Waals surface area contributed by atoms with Crippen molar-refractivity contribution in [2.45, 2.75) is 12.8 Å². The van der Waals surface area contributed by atoms with Gasteiger partial charge in [-0.1, -0.05) is 0 Å². The van der Waals surface area contributed by atoms with Crippen LogP contribution in [0.25, 0.3) is 11.1 Å². The van der Waals surface area contributed by atoms with Gasteiger partial charge in [0.25, 0.3) is 0 Å². The summed E-state index contributed by atoms with van der Waals surface area (Å²) >= 11 is -2.97. The molecule has 0 radical (unpaired) electrons. The summed E-state index contributed by atoms with van der Waals surface area (Å²) in [5.41, 5.74) is 3.13. The SMILES string of the molecule is Fc1cccc(C2=[C]([Hf+2]([C]3=C(c4cccc(F)c4)C=CC3)=[Si](c3ccccc3)c3ccccc3)CC=C2)c1.[Cl-].[Cl-]. The van der Waals surface area contributed by atoms with Crippen LogP contribution in [0.4, 0.5) is 8.78 Å². The molecule has 0 unspecified atom stereocenters. The topological polar surface area (TPSA) is 0 Å². The van der Waals surface area contributed by atoms with E-state index in [2.05, 4.69) is 85.0 Å². The second kappa shape index (κ2) is 13.8. The van der Waals surface area contributed by atoms with Crippen LogP contribution < -0.4 is 35.2 Å². The summed E-state index contributed by atoms with van der Waals surface area (Å²) in [6, 6.07) is 36.0. The molecule has 0 saturated carbocycles. The number of hydrogen-bond donors (Lipinski definition) is 0. The van der Waals surface area contributed by atoms with Gasteiger partial charge in [-0.05, 0) is 0 Å². The van der Waals surface area contributed by atoms with E-state index in [0.29, 0.717) is 0 Å². The number of halogens is 4. The largest absolute Gasteiger partial charge is 1.00 e. The second-order valence-corrected chi connectivity index (χ2v) is 27.9. The van der Waals surface area contributed by atoms with Gasteiger partial charge >= 0.3 is 232 Å². The second-order valence-electron chi connectivity index (χ2n) is 9.50. The Balaban J connectivity index is 0.00000185. The van der Waals surface area contributed by atoms with E-state index in [1.807, 2.05) is 12.1 Å². The first-order valence-electron chi connectivity index (χ1n) is 12.9. The standard InChI is InChI=1S/C12H10Si.2C11H8F.2ClH.Hf/c1-3-7-11(8-4-1)13-12-9-5-2-6-10-12;2*12-11-7-3-6-10(8-11)9-4-1-2-5-9;;;/h1-10H;2*1,3-4,6-8H,2H2;2*1H;/q;;;;;+2/p-2. The van der Waals surface area contributed by atoms with Crippen LogP contribution in [0.15, 0.2) is 140 Å². The molecular formula is C34H26Cl2F2HfSi. The van der Waals surface area contributed by atoms with Crippen LogP contribution in [-0.2, 0) is 20.1 Å². The minimum absolute atomic E-state index is 0. The molecule has 40 heavy (non-hydrogen) atoms. The molecule has 0 bridgehead atoms. The smallest absolute Gasteiger partial charge is 1.00 e. The molecule has 0 spiro atoms. The molecule has 0 amide bonds. The Labute approximate surface area is 254 Å². The molecule has 0 N–H and O–H groups in total. The summed E-state index contributed by atoms with van der Waals surface area (Å²) < 4.78 is 31.8. The predicted octanol–water partition coefficient (Wildman–Crippen LogP) is 1.44. The van der Waals surface area contributed by atoms with Crippen molar-refractivity contribution in [2.75, 3.05) is 0 Å². The molecule has 2 aliphatic carbocycles. The molecule has 4 aromatic carbocycles. The van der Waals surface area contributed by atoms with Crippen LogP contribution in [-0.4, -0.2) is 5.49 Å². The third-order valence-electron chi connectivity index (χ3n) is 7.11. The minimum Gasteiger partial charge on any atom is -1.00 e. The van der Waals surface area contributed by atoms with Gasteiger partial charge in [-0.15, -0.1) is 0 Å². The average molecular weight is 750 g/mol. The predicted molar refractivity (Wildman–Crippen MR) is 152 cm³/mol. The summed E-state index contributed by atoms with van der Waals surface area (Å²) in [5, 5.41) is 2.84. The van der Waals surface area contributed by atoms with E-state index >= 15 is 0 Å². The van der Waals surface area contributed by atoms with Gasteiger partial charge in [0.1, 0.15) is 0 Å². The van der Waals surface area contributed by atoms with Crippen molar-refractivity contribution in [1.29, 1.82) is 0 Å². The fraction of sp³-hybridized carbons (Fsp3) is 0.0588. The monoisotopic (exact) mass is 750 g/mol. The first-order chi connectivity index (χ1) is 18.7. The molecule has 0 saturated heterocycles. The van der Waals surface area contributed by atoms with Crippen molar-refractivity contribution in [3.63, 3.8) is 0 Å². The molecule has 0 aliphatic heterocycles. The van der Waals surface area contributed by atoms with E-state index < -0.39 is 25.6 Å². The van der Waals surface area contributed by atoms with E-state index in [4.69, 9.17) is 0 Å². The van der Waals surface area contributed by atoms with E-state index in [9.17, 15) is 8.78 Å². The Hall–Kier alpha value is -2.63. The molecular weight excluding hydrogens is 724 g/mol. The first kappa shape index (κ1) is 30.3. The zero-order valence-electron chi connectivity index (χ0n) is 21.6. The molecule has 2 aliphatic rings. The maximum atomic E-state index is 14.4. The molecule has 6 rings (SSSR count). The van der Waals surface area contributed by atoms with Gasteiger partial charge in [-0.25, -0.2) is 0 Å². The van der Waals surface area contributed by atoms with Crippen LogP contribution >= 0.6 is 0 Å². The zero-order valence-corrected chi connectivity index (χ0v) is 27.7. The molecule has 0 nitrogen and oxygen atoms in total. The molecule has 0 aromatic heterocycles. The van der Waals surface area contributed by atoms with Crippen LogP contribution in [0.2, 0.25) is 0 Å². The molecule has 198 valence electrons. The van der Waals surface area contributed by atoms with Crippen LogP contribution in [0.3, 0.4) is 0 Å². The summed E-state index contributed by atoms with van der Waals surface area (Å²) in [7, 11) is 0. The fourth-order valence-electron chi connectivity index (χ4n) is 5.49. The molecule has 6 heteroatoms. The van der Waals surface area contributed by atoms with Gasteiger partial charge in [0.15, 0.2) is 0 Å². The molecule has 0 fully saturated rings. The summed E-state index contributed by atoms with van der Waals surface area (Å²) in [6.45, 7) is 0. The van der Waals surface area contributed by atoms with E-state index in [-0.39, 0.29) is 36.4 Å². The van der Waals surface area contributed by atoms with Crippen molar-refractivity contribution in [3.8, 4) is 0 Å². The quantitative estimate of drug-likeness (QED) is 0.262. The number of allylic oxidation sites excluding steroid dienone is 8. The summed E-state index contributed by atoms with van der Waals surface area (Å²) in [6.07, 6.45) is 10.7. The zero-order chi connectivity index (χ0) is 25.9. The van der Waals surface area contributed by atoms with Gasteiger partial charge in [-0.3, -0.25) is 0 Å². The molecule has 0 heterocycles. The van der Waals surface area contributed by atoms with Gasteiger partial charge in [-0.2, -0.15) is 0 Å². The van der Waals surface area contributed by atoms with Crippen molar-refractivity contribution >= 4 is 27.0 Å². The van der Waals surface area contributed by atoms with Crippen LogP contribution in [0, 0.1) is 11.6 Å². The van der Waals surface area contributed by atoms with Crippen molar-refractivity contribution < 1.29 is 53.7 Å². The summed E-state index contributed by atoms with van der Waals surface area (Å²) in [5.74, 6) is -0.416. The van der Waals surface area contributed by atoms with Gasteiger partial charge in [0.2, 0.25) is 0 Å². The van der Waals surface area contributed by atoms with E-state index in [1.165, 1.54) is 40.3 Å². The van der Waals surface area contributed by atoms with Gasteiger partial charge < -0.3 is 24.8 Å². The van der Waals surface area contributed by atoms with E-state index in [0.717, 1.165) is 24.0 Å². The average Bonchev–Trinajstić information content (AvgIpc) is 3.63. The number of benzene rings is 4. The van der Waals surface area contributed by atoms with Crippen LogP contribution in [0.1, 0.15) is 24.0 Å². The van der Waals surface area contributed by atoms with E-state index in [1.54, 1.807) is 24.3 Å². The molecule has 0 atom stereocenters. The Morgan fingerprint density at radius 1 is 0.525 bits per heavy atom. The Kier molecular flexibility index (Phi) is 10.5. The Morgan fingerprint density at radius 2 is 0.950 bits per heavy atom. The normalized spacial score (nSPS) is 13.5. The summed E-state index contributed by atoms with van der Waals surface area (Å²) in [4.78, 5) is 0. The van der Waals surface area contributed by atoms with Crippen LogP contribution in [0.5, 0.6) is 0 Å². The Bertz CT molecular complexity index is 1550. The fourth-order valence-corrected chi connectivity index (χ4v) is 35.4. The maximum absolute atomic E-state index is 14.4. The van der Waals surface area contributed by atoms with Gasteiger partial charge in [0, 0.05) is 0 Å². The van der Waals surface area contributed by atoms with Crippen molar-refractivity contribution in [1.82, 2.24) is 0 Å². The maximum Gasteiger partial charge on any atom is -1.00 e. The molecule has 4 aromatic rings. The first-order valence-corrected chi connectivity index (χ1v) is 23.3. The van der Waals surface area contributed by atoms with Crippen molar-refractivity contribution in [2.24, 2.45) is 0 Å². The Morgan fingerprint density at radius 3 is 1.35 bits per heavy atom. The van der Waals surface area contributed by atoms with Gasteiger partial charge in [0.05, 0.1) is 0 Å². The third-order valence-corrected chi connectivity index (χ3v) is 33.7.